The Labute approximate surface area is 155 Å². The quantitative estimate of drug-likeness (QED) is 0.606. The average molecular weight is 353 g/mol. The maximum absolute atomic E-state index is 12.6. The lowest BCUT2D eigenvalue weighted by Gasteiger charge is -2.07. The number of pyridine rings is 1. The molecule has 0 fully saturated rings. The Morgan fingerprint density at radius 2 is 1.85 bits per heavy atom. The Morgan fingerprint density at radius 1 is 1.07 bits per heavy atom. The molecule has 0 aliphatic carbocycles. The van der Waals surface area contributed by atoms with Crippen LogP contribution in [0.3, 0.4) is 0 Å². The van der Waals surface area contributed by atoms with Gasteiger partial charge in [-0.15, -0.1) is 0 Å². The highest BCUT2D eigenvalue weighted by molar-refractivity contribution is 6.05. The molecule has 0 radical (unpaired) electrons. The molecular formula is C21H15N5O. The first-order valence-corrected chi connectivity index (χ1v) is 8.38. The lowest BCUT2D eigenvalue weighted by Crippen LogP contribution is -2.13. The molecule has 130 valence electrons. The van der Waals surface area contributed by atoms with Crippen molar-refractivity contribution in [1.82, 2.24) is 14.8 Å². The summed E-state index contributed by atoms with van der Waals surface area (Å²) >= 11 is 0. The number of carbonyl (C=O) groups excluding carboxylic acids is 1. The number of para-hydroxylation sites is 1. The Balaban J connectivity index is 1.62. The van der Waals surface area contributed by atoms with Gasteiger partial charge in [0, 0.05) is 11.1 Å². The first-order valence-electron chi connectivity index (χ1n) is 8.38. The first-order chi connectivity index (χ1) is 13.2. The monoisotopic (exact) mass is 353 g/mol. The maximum atomic E-state index is 12.6. The van der Waals surface area contributed by atoms with Gasteiger partial charge in [-0.1, -0.05) is 18.2 Å². The predicted molar refractivity (Wildman–Crippen MR) is 103 cm³/mol. The van der Waals surface area contributed by atoms with Crippen molar-refractivity contribution in [3.05, 3.63) is 83.7 Å². The number of amides is 1. The number of carbonyl (C=O) groups is 1. The molecule has 4 rings (SSSR count). The summed E-state index contributed by atoms with van der Waals surface area (Å²) in [5.41, 5.74) is 3.20. The number of rotatable bonds is 3. The van der Waals surface area contributed by atoms with E-state index < -0.39 is 0 Å². The molecule has 2 aromatic heterocycles. The fraction of sp³-hybridized carbons (Fsp3) is 0.0476. The van der Waals surface area contributed by atoms with Gasteiger partial charge in [0.1, 0.15) is 0 Å². The van der Waals surface area contributed by atoms with E-state index in [1.807, 2.05) is 49.4 Å². The molecule has 1 N–H and O–H groups in total. The number of hydrogen-bond donors (Lipinski definition) is 1. The van der Waals surface area contributed by atoms with Crippen molar-refractivity contribution in [2.24, 2.45) is 0 Å². The number of hydrogen-bond acceptors (Lipinski definition) is 4. The Bertz CT molecular complexity index is 1190. The Hall–Kier alpha value is -3.98. The van der Waals surface area contributed by atoms with Crippen LogP contribution >= 0.6 is 0 Å². The summed E-state index contributed by atoms with van der Waals surface area (Å²) in [4.78, 5) is 17.2. The zero-order valence-electron chi connectivity index (χ0n) is 14.5. The normalized spacial score (nSPS) is 10.5. The Kier molecular flexibility index (Phi) is 4.11. The molecule has 2 heterocycles. The van der Waals surface area contributed by atoms with Gasteiger partial charge in [-0.25, -0.2) is 9.67 Å². The van der Waals surface area contributed by atoms with E-state index in [0.29, 0.717) is 28.3 Å². The second-order valence-corrected chi connectivity index (χ2v) is 6.06. The summed E-state index contributed by atoms with van der Waals surface area (Å²) in [6.07, 6.45) is 1.53. The molecule has 0 atom stereocenters. The summed E-state index contributed by atoms with van der Waals surface area (Å²) in [7, 11) is 0. The molecule has 0 saturated carbocycles. The summed E-state index contributed by atoms with van der Waals surface area (Å²) in [6, 6.07) is 20.5. The van der Waals surface area contributed by atoms with Crippen LogP contribution in [-0.4, -0.2) is 20.7 Å². The van der Waals surface area contributed by atoms with Crippen LogP contribution in [0.4, 0.5) is 5.69 Å². The maximum Gasteiger partial charge on any atom is 0.259 e. The van der Waals surface area contributed by atoms with Gasteiger partial charge in [0.05, 0.1) is 34.6 Å². The summed E-state index contributed by atoms with van der Waals surface area (Å²) < 4.78 is 1.65. The van der Waals surface area contributed by atoms with Crippen molar-refractivity contribution in [3.63, 3.8) is 0 Å². The molecular weight excluding hydrogens is 338 g/mol. The van der Waals surface area contributed by atoms with Crippen LogP contribution in [0, 0.1) is 18.3 Å². The van der Waals surface area contributed by atoms with Gasteiger partial charge < -0.3 is 5.32 Å². The van der Waals surface area contributed by atoms with E-state index in [2.05, 4.69) is 15.4 Å². The first kappa shape index (κ1) is 16.5. The third-order valence-corrected chi connectivity index (χ3v) is 4.33. The number of benzene rings is 2. The number of aromatic nitrogens is 3. The van der Waals surface area contributed by atoms with Crippen LogP contribution in [0.1, 0.15) is 21.6 Å². The van der Waals surface area contributed by atoms with Crippen LogP contribution in [0.25, 0.3) is 16.7 Å². The minimum absolute atomic E-state index is 0.260. The van der Waals surface area contributed by atoms with Crippen molar-refractivity contribution < 1.29 is 4.79 Å². The van der Waals surface area contributed by atoms with Gasteiger partial charge in [-0.05, 0) is 49.4 Å². The topological polar surface area (TPSA) is 83.6 Å². The van der Waals surface area contributed by atoms with E-state index in [4.69, 9.17) is 5.26 Å². The van der Waals surface area contributed by atoms with E-state index >= 15 is 0 Å². The third-order valence-electron chi connectivity index (χ3n) is 4.33. The minimum Gasteiger partial charge on any atom is -0.322 e. The van der Waals surface area contributed by atoms with E-state index in [1.54, 1.807) is 28.9 Å². The van der Waals surface area contributed by atoms with Crippen molar-refractivity contribution in [2.75, 3.05) is 5.32 Å². The smallest absolute Gasteiger partial charge is 0.259 e. The summed E-state index contributed by atoms with van der Waals surface area (Å²) in [6.45, 7) is 1.83. The molecule has 0 aliphatic rings. The fourth-order valence-corrected chi connectivity index (χ4v) is 2.86. The lowest BCUT2D eigenvalue weighted by molar-refractivity contribution is 0.102. The van der Waals surface area contributed by atoms with Crippen LogP contribution < -0.4 is 5.32 Å². The largest absolute Gasteiger partial charge is 0.322 e. The fourth-order valence-electron chi connectivity index (χ4n) is 2.86. The van der Waals surface area contributed by atoms with Crippen molar-refractivity contribution >= 4 is 22.5 Å². The van der Waals surface area contributed by atoms with Gasteiger partial charge in [-0.3, -0.25) is 4.79 Å². The van der Waals surface area contributed by atoms with E-state index in [9.17, 15) is 4.79 Å². The number of nitrogens with one attached hydrogen (secondary N) is 1. The molecule has 6 nitrogen and oxygen atoms in total. The van der Waals surface area contributed by atoms with Crippen molar-refractivity contribution in [1.29, 1.82) is 5.26 Å². The number of nitriles is 1. The van der Waals surface area contributed by atoms with Crippen LogP contribution in [0.15, 0.2) is 66.9 Å². The van der Waals surface area contributed by atoms with Gasteiger partial charge in [-0.2, -0.15) is 10.4 Å². The highest BCUT2D eigenvalue weighted by Crippen LogP contribution is 2.18. The highest BCUT2D eigenvalue weighted by Gasteiger charge is 2.16. The molecule has 27 heavy (non-hydrogen) atoms. The Morgan fingerprint density at radius 3 is 2.63 bits per heavy atom. The van der Waals surface area contributed by atoms with Crippen molar-refractivity contribution in [2.45, 2.75) is 6.92 Å². The standard InChI is InChI=1S/C21H15N5O/c1-14-18(21(27)24-17-9-6-15(12-22)7-10-17)13-23-26(14)20-11-8-16-4-2-3-5-19(16)25-20/h2-11,13H,1H3,(H,24,27). The highest BCUT2D eigenvalue weighted by atomic mass is 16.1. The molecule has 0 aliphatic heterocycles. The minimum atomic E-state index is -0.260. The predicted octanol–water partition coefficient (Wildman–Crippen LogP) is 3.85. The van der Waals surface area contributed by atoms with Gasteiger partial charge in [0.15, 0.2) is 5.82 Å². The summed E-state index contributed by atoms with van der Waals surface area (Å²) in [5, 5.41) is 17.0. The van der Waals surface area contributed by atoms with Crippen molar-refractivity contribution in [3.8, 4) is 11.9 Å². The summed E-state index contributed by atoms with van der Waals surface area (Å²) in [5.74, 6) is 0.396. The zero-order chi connectivity index (χ0) is 18.8. The van der Waals surface area contributed by atoms with Crippen LogP contribution in [0.2, 0.25) is 0 Å². The van der Waals surface area contributed by atoms with Gasteiger partial charge in [0.25, 0.3) is 5.91 Å². The SMILES string of the molecule is Cc1c(C(=O)Nc2ccc(C#N)cc2)cnn1-c1ccc2ccccc2n1. The zero-order valence-corrected chi connectivity index (χ0v) is 14.5. The van der Waals surface area contributed by atoms with Gasteiger partial charge >= 0.3 is 0 Å². The second kappa shape index (κ2) is 6.73. The number of fused-ring (bicyclic) bond motifs is 1. The molecule has 0 bridgehead atoms. The van der Waals surface area contributed by atoms with E-state index in [1.165, 1.54) is 6.20 Å². The molecule has 1 amide bonds. The molecule has 4 aromatic rings. The average Bonchev–Trinajstić information content (AvgIpc) is 3.09. The third kappa shape index (κ3) is 3.14. The van der Waals surface area contributed by atoms with E-state index in [0.717, 1.165) is 10.9 Å². The molecule has 0 unspecified atom stereocenters. The number of anilines is 1. The molecule has 0 spiro atoms. The lowest BCUT2D eigenvalue weighted by atomic mass is 10.2. The van der Waals surface area contributed by atoms with Crippen LogP contribution in [0.5, 0.6) is 0 Å². The van der Waals surface area contributed by atoms with Crippen LogP contribution in [-0.2, 0) is 0 Å². The second-order valence-electron chi connectivity index (χ2n) is 6.06. The molecule has 6 heteroatoms. The molecule has 2 aromatic carbocycles. The van der Waals surface area contributed by atoms with E-state index in [-0.39, 0.29) is 5.91 Å². The molecule has 0 saturated heterocycles. The number of nitrogens with zero attached hydrogens (tertiary/aromatic N) is 4. The van der Waals surface area contributed by atoms with Gasteiger partial charge in [0.2, 0.25) is 0 Å².